The van der Waals surface area contributed by atoms with Gasteiger partial charge in [-0.3, -0.25) is 0 Å². The molecular formula is C16H24O4S. The Labute approximate surface area is 126 Å². The van der Waals surface area contributed by atoms with Crippen LogP contribution < -0.4 is 0 Å². The van der Waals surface area contributed by atoms with Gasteiger partial charge in [-0.1, -0.05) is 13.3 Å². The Morgan fingerprint density at radius 1 is 1.29 bits per heavy atom. The van der Waals surface area contributed by atoms with Crippen LogP contribution in [0.3, 0.4) is 0 Å². The Morgan fingerprint density at radius 2 is 2.00 bits per heavy atom. The standard InChI is InChI=1S/C16H24O4S/c1-10-8-13(10)14-6-7-15(20-14)16(17)11-4-3-5-12(9-11)21(2,18)19/h6-7,10-13,16-17H,3-5,8-9H2,1-2H3. The maximum atomic E-state index is 11.7. The molecule has 5 atom stereocenters. The van der Waals surface area contributed by atoms with Crippen molar-refractivity contribution in [2.24, 2.45) is 11.8 Å². The minimum atomic E-state index is -3.02. The first-order valence-corrected chi connectivity index (χ1v) is 9.78. The minimum absolute atomic E-state index is 0.0194. The molecule has 2 fully saturated rings. The molecular weight excluding hydrogens is 288 g/mol. The van der Waals surface area contributed by atoms with Crippen molar-refractivity contribution in [1.82, 2.24) is 0 Å². The van der Waals surface area contributed by atoms with Gasteiger partial charge in [-0.2, -0.15) is 0 Å². The average Bonchev–Trinajstić information content (AvgIpc) is 2.99. The van der Waals surface area contributed by atoms with Crippen molar-refractivity contribution in [1.29, 1.82) is 0 Å². The lowest BCUT2D eigenvalue weighted by Crippen LogP contribution is -2.30. The summed E-state index contributed by atoms with van der Waals surface area (Å²) in [5.74, 6) is 2.72. The van der Waals surface area contributed by atoms with Gasteiger partial charge in [0.05, 0.1) is 5.25 Å². The van der Waals surface area contributed by atoms with Crippen molar-refractivity contribution in [2.45, 2.75) is 56.3 Å². The van der Waals surface area contributed by atoms with Crippen molar-refractivity contribution in [3.63, 3.8) is 0 Å². The van der Waals surface area contributed by atoms with Crippen molar-refractivity contribution in [3.8, 4) is 0 Å². The van der Waals surface area contributed by atoms with Gasteiger partial charge in [0, 0.05) is 12.2 Å². The topological polar surface area (TPSA) is 67.5 Å². The minimum Gasteiger partial charge on any atom is -0.463 e. The van der Waals surface area contributed by atoms with Gasteiger partial charge < -0.3 is 9.52 Å². The zero-order valence-corrected chi connectivity index (χ0v) is 13.5. The van der Waals surface area contributed by atoms with Crippen LogP contribution in [0.4, 0.5) is 0 Å². The van der Waals surface area contributed by atoms with Crippen molar-refractivity contribution in [3.05, 3.63) is 23.7 Å². The van der Waals surface area contributed by atoms with Crippen LogP contribution in [0.25, 0.3) is 0 Å². The maximum Gasteiger partial charge on any atom is 0.150 e. The number of aliphatic hydroxyl groups is 1. The molecule has 0 saturated heterocycles. The summed E-state index contributed by atoms with van der Waals surface area (Å²) < 4.78 is 29.3. The molecule has 118 valence electrons. The van der Waals surface area contributed by atoms with E-state index in [1.165, 1.54) is 6.26 Å². The lowest BCUT2D eigenvalue weighted by molar-refractivity contribution is 0.0650. The van der Waals surface area contributed by atoms with Gasteiger partial charge in [-0.25, -0.2) is 8.42 Å². The smallest absolute Gasteiger partial charge is 0.150 e. The molecule has 0 aliphatic heterocycles. The van der Waals surface area contributed by atoms with Gasteiger partial charge in [0.25, 0.3) is 0 Å². The predicted molar refractivity (Wildman–Crippen MR) is 80.8 cm³/mol. The molecule has 0 amide bonds. The predicted octanol–water partition coefficient (Wildman–Crippen LogP) is 3.04. The fraction of sp³-hybridized carbons (Fsp3) is 0.750. The molecule has 0 spiro atoms. The van der Waals surface area contributed by atoms with Crippen molar-refractivity contribution in [2.75, 3.05) is 6.26 Å². The largest absolute Gasteiger partial charge is 0.463 e. The number of sulfone groups is 1. The zero-order chi connectivity index (χ0) is 15.2. The molecule has 1 aromatic rings. The SMILES string of the molecule is CC1CC1c1ccc(C(O)C2CCCC(S(C)(=O)=O)C2)o1. The van der Waals surface area contributed by atoms with Crippen LogP contribution in [-0.2, 0) is 9.84 Å². The number of rotatable bonds is 4. The van der Waals surface area contributed by atoms with Crippen molar-refractivity contribution < 1.29 is 17.9 Å². The van der Waals surface area contributed by atoms with Crippen LogP contribution in [0.15, 0.2) is 16.5 Å². The molecule has 21 heavy (non-hydrogen) atoms. The van der Waals surface area contributed by atoms with Crippen LogP contribution in [0.1, 0.15) is 62.6 Å². The van der Waals surface area contributed by atoms with Gasteiger partial charge in [0.2, 0.25) is 0 Å². The molecule has 0 bridgehead atoms. The number of hydrogen-bond acceptors (Lipinski definition) is 4. The van der Waals surface area contributed by atoms with Gasteiger partial charge in [-0.05, 0) is 49.7 Å². The molecule has 5 unspecified atom stereocenters. The summed E-state index contributed by atoms with van der Waals surface area (Å²) in [5.41, 5.74) is 0. The summed E-state index contributed by atoms with van der Waals surface area (Å²) in [6, 6.07) is 3.82. The fourth-order valence-electron chi connectivity index (χ4n) is 3.53. The van der Waals surface area contributed by atoms with E-state index in [9.17, 15) is 13.5 Å². The molecule has 1 N–H and O–H groups in total. The van der Waals surface area contributed by atoms with Crippen LogP contribution in [0, 0.1) is 11.8 Å². The first-order chi connectivity index (χ1) is 9.86. The maximum absolute atomic E-state index is 11.7. The monoisotopic (exact) mass is 312 g/mol. The fourth-order valence-corrected chi connectivity index (χ4v) is 4.73. The molecule has 3 rings (SSSR count). The van der Waals surface area contributed by atoms with E-state index in [2.05, 4.69) is 6.92 Å². The second-order valence-electron chi connectivity index (χ2n) is 6.88. The highest BCUT2D eigenvalue weighted by molar-refractivity contribution is 7.91. The van der Waals surface area contributed by atoms with Crippen LogP contribution in [0.2, 0.25) is 0 Å². The Kier molecular flexibility index (Phi) is 3.91. The van der Waals surface area contributed by atoms with E-state index >= 15 is 0 Å². The highest BCUT2D eigenvalue weighted by Crippen LogP contribution is 2.48. The zero-order valence-electron chi connectivity index (χ0n) is 12.7. The molecule has 5 heteroatoms. The quantitative estimate of drug-likeness (QED) is 0.928. The molecule has 0 radical (unpaired) electrons. The normalized spacial score (nSPS) is 34.6. The molecule has 4 nitrogen and oxygen atoms in total. The molecule has 1 aromatic heterocycles. The Hall–Kier alpha value is -0.810. The van der Waals surface area contributed by atoms with E-state index in [0.717, 1.165) is 25.0 Å². The van der Waals surface area contributed by atoms with Gasteiger partial charge in [0.15, 0.2) is 0 Å². The van der Waals surface area contributed by atoms with E-state index in [-0.39, 0.29) is 11.2 Å². The lowest BCUT2D eigenvalue weighted by Gasteiger charge is -2.30. The molecule has 2 saturated carbocycles. The molecule has 1 heterocycles. The first kappa shape index (κ1) is 15.1. The third kappa shape index (κ3) is 3.19. The summed E-state index contributed by atoms with van der Waals surface area (Å²) in [5, 5.41) is 10.2. The van der Waals surface area contributed by atoms with Gasteiger partial charge >= 0.3 is 0 Å². The summed E-state index contributed by atoms with van der Waals surface area (Å²) in [6.45, 7) is 2.20. The van der Waals surface area contributed by atoms with E-state index in [0.29, 0.717) is 30.4 Å². The van der Waals surface area contributed by atoms with Crippen molar-refractivity contribution >= 4 is 9.84 Å². The van der Waals surface area contributed by atoms with Crippen LogP contribution >= 0.6 is 0 Å². The number of furan rings is 1. The Balaban J connectivity index is 1.69. The Bertz CT molecular complexity index is 604. The second kappa shape index (κ2) is 5.43. The highest BCUT2D eigenvalue weighted by Gasteiger charge is 2.38. The van der Waals surface area contributed by atoms with Crippen LogP contribution in [-0.4, -0.2) is 25.0 Å². The summed E-state index contributed by atoms with van der Waals surface area (Å²) in [4.78, 5) is 0. The van der Waals surface area contributed by atoms with E-state index in [1.54, 1.807) is 0 Å². The summed E-state index contributed by atoms with van der Waals surface area (Å²) in [7, 11) is -3.02. The molecule has 0 aromatic carbocycles. The number of aliphatic hydroxyl groups excluding tert-OH is 1. The Morgan fingerprint density at radius 3 is 2.62 bits per heavy atom. The van der Waals surface area contributed by atoms with Gasteiger partial charge in [0.1, 0.15) is 27.5 Å². The highest BCUT2D eigenvalue weighted by atomic mass is 32.2. The van der Waals surface area contributed by atoms with E-state index in [1.807, 2.05) is 12.1 Å². The molecule has 2 aliphatic rings. The third-order valence-corrected chi connectivity index (χ3v) is 6.77. The summed E-state index contributed by atoms with van der Waals surface area (Å²) in [6.07, 6.45) is 4.74. The second-order valence-corrected chi connectivity index (χ2v) is 9.21. The summed E-state index contributed by atoms with van der Waals surface area (Å²) >= 11 is 0. The third-order valence-electron chi connectivity index (χ3n) is 5.13. The lowest BCUT2D eigenvalue weighted by atomic mass is 9.84. The van der Waals surface area contributed by atoms with E-state index in [4.69, 9.17) is 4.42 Å². The van der Waals surface area contributed by atoms with Crippen LogP contribution in [0.5, 0.6) is 0 Å². The van der Waals surface area contributed by atoms with Gasteiger partial charge in [-0.15, -0.1) is 0 Å². The number of hydrogen-bond donors (Lipinski definition) is 1. The molecule has 2 aliphatic carbocycles. The first-order valence-electron chi connectivity index (χ1n) is 7.83. The average molecular weight is 312 g/mol. The van der Waals surface area contributed by atoms with E-state index < -0.39 is 15.9 Å².